The van der Waals surface area contributed by atoms with E-state index in [-0.39, 0.29) is 0 Å². The molecule has 3 nitrogen and oxygen atoms in total. The van der Waals surface area contributed by atoms with E-state index in [1.807, 2.05) is 0 Å². The van der Waals surface area contributed by atoms with Crippen LogP contribution in [0.25, 0.3) is 0 Å². The first-order chi connectivity index (χ1) is 4.97. The smallest absolute Gasteiger partial charge is 0.0871 e. The highest BCUT2D eigenvalue weighted by atomic mass is 16.5. The fourth-order valence-electron chi connectivity index (χ4n) is 1.52. The van der Waals surface area contributed by atoms with Crippen LogP contribution in [-0.4, -0.2) is 39.0 Å². The van der Waals surface area contributed by atoms with Crippen LogP contribution in [0.3, 0.4) is 0 Å². The predicted molar refractivity (Wildman–Crippen MR) is 36.9 cm³/mol. The van der Waals surface area contributed by atoms with Crippen LogP contribution in [0.4, 0.5) is 0 Å². The second-order valence-electron chi connectivity index (χ2n) is 2.91. The van der Waals surface area contributed by atoms with Gasteiger partial charge in [-0.1, -0.05) is 0 Å². The van der Waals surface area contributed by atoms with Crippen molar-refractivity contribution in [1.29, 1.82) is 0 Å². The Labute approximate surface area is 60.7 Å². The number of rotatable bonds is 0. The van der Waals surface area contributed by atoms with Gasteiger partial charge in [0, 0.05) is 19.0 Å². The monoisotopic (exact) mass is 143 g/mol. The summed E-state index contributed by atoms with van der Waals surface area (Å²) in [5.74, 6) is 0.600. The summed E-state index contributed by atoms with van der Waals surface area (Å²) in [5.41, 5.74) is 0. The number of ether oxygens (including phenoxy) is 2. The van der Waals surface area contributed by atoms with E-state index in [1.165, 1.54) is 0 Å². The second kappa shape index (κ2) is 2.86. The lowest BCUT2D eigenvalue weighted by atomic mass is 10.1. The molecular formula is C7H13NO2. The zero-order chi connectivity index (χ0) is 6.81. The highest BCUT2D eigenvalue weighted by Crippen LogP contribution is 2.17. The second-order valence-corrected chi connectivity index (χ2v) is 2.91. The highest BCUT2D eigenvalue weighted by Gasteiger charge is 2.29. The first kappa shape index (κ1) is 6.58. The molecule has 2 saturated heterocycles. The highest BCUT2D eigenvalue weighted by molar-refractivity contribution is 4.79. The minimum atomic E-state index is 0.370. The molecule has 0 bridgehead atoms. The lowest BCUT2D eigenvalue weighted by Gasteiger charge is -2.11. The molecule has 2 atom stereocenters. The molecule has 0 aromatic heterocycles. The van der Waals surface area contributed by atoms with Gasteiger partial charge in [0.1, 0.15) is 0 Å². The molecule has 0 amide bonds. The van der Waals surface area contributed by atoms with Crippen molar-refractivity contribution in [2.24, 2.45) is 5.92 Å². The Balaban J connectivity index is 1.95. The van der Waals surface area contributed by atoms with Crippen LogP contribution in [0.1, 0.15) is 0 Å². The van der Waals surface area contributed by atoms with Gasteiger partial charge in [-0.3, -0.25) is 0 Å². The number of fused-ring (bicyclic) bond motifs is 1. The molecule has 2 fully saturated rings. The topological polar surface area (TPSA) is 30.5 Å². The van der Waals surface area contributed by atoms with Crippen molar-refractivity contribution in [1.82, 2.24) is 5.32 Å². The molecule has 58 valence electrons. The minimum Gasteiger partial charge on any atom is -0.378 e. The van der Waals surface area contributed by atoms with Gasteiger partial charge in [-0.2, -0.15) is 0 Å². The summed E-state index contributed by atoms with van der Waals surface area (Å²) in [7, 11) is 0. The molecule has 0 aliphatic carbocycles. The maximum Gasteiger partial charge on any atom is 0.0871 e. The van der Waals surface area contributed by atoms with Crippen LogP contribution in [-0.2, 0) is 9.47 Å². The zero-order valence-electron chi connectivity index (χ0n) is 6.01. The summed E-state index contributed by atoms with van der Waals surface area (Å²) in [4.78, 5) is 0. The van der Waals surface area contributed by atoms with Gasteiger partial charge < -0.3 is 14.8 Å². The van der Waals surface area contributed by atoms with E-state index < -0.39 is 0 Å². The fourth-order valence-corrected chi connectivity index (χ4v) is 1.52. The van der Waals surface area contributed by atoms with E-state index in [0.29, 0.717) is 12.0 Å². The lowest BCUT2D eigenvalue weighted by molar-refractivity contribution is 0.0410. The normalized spacial score (nSPS) is 40.8. The molecule has 0 spiro atoms. The van der Waals surface area contributed by atoms with Crippen molar-refractivity contribution in [2.45, 2.75) is 6.10 Å². The van der Waals surface area contributed by atoms with Gasteiger partial charge >= 0.3 is 0 Å². The van der Waals surface area contributed by atoms with Crippen molar-refractivity contribution >= 4 is 0 Å². The lowest BCUT2D eigenvalue weighted by Crippen LogP contribution is -2.26. The third kappa shape index (κ3) is 1.17. The summed E-state index contributed by atoms with van der Waals surface area (Å²) in [5, 5.41) is 3.31. The Morgan fingerprint density at radius 1 is 1.30 bits per heavy atom. The maximum absolute atomic E-state index is 5.54. The van der Waals surface area contributed by atoms with Crippen molar-refractivity contribution in [3.05, 3.63) is 0 Å². The first-order valence-corrected chi connectivity index (χ1v) is 3.87. The average Bonchev–Trinajstić information content (AvgIpc) is 2.28. The molecule has 2 aliphatic rings. The Bertz CT molecular complexity index is 106. The first-order valence-electron chi connectivity index (χ1n) is 3.87. The van der Waals surface area contributed by atoms with Gasteiger partial charge in [-0.05, 0) is 0 Å². The molecule has 0 radical (unpaired) electrons. The quantitative estimate of drug-likeness (QED) is 0.501. The molecule has 0 aromatic rings. The van der Waals surface area contributed by atoms with Gasteiger partial charge in [-0.25, -0.2) is 0 Å². The molecule has 1 N–H and O–H groups in total. The largest absolute Gasteiger partial charge is 0.378 e. The molecule has 0 aromatic carbocycles. The maximum atomic E-state index is 5.54. The third-order valence-corrected chi connectivity index (χ3v) is 2.16. The van der Waals surface area contributed by atoms with Gasteiger partial charge in [0.15, 0.2) is 0 Å². The summed E-state index contributed by atoms with van der Waals surface area (Å²) >= 11 is 0. The molecule has 2 aliphatic heterocycles. The van der Waals surface area contributed by atoms with E-state index in [9.17, 15) is 0 Å². The Morgan fingerprint density at radius 3 is 3.30 bits per heavy atom. The minimum absolute atomic E-state index is 0.370. The SMILES string of the molecule is C1CO[C@@H]2COC[C@@H]2CN1. The summed E-state index contributed by atoms with van der Waals surface area (Å²) in [6.07, 6.45) is 0.370. The molecule has 3 heteroatoms. The Hall–Kier alpha value is -0.120. The van der Waals surface area contributed by atoms with E-state index in [2.05, 4.69) is 5.32 Å². The van der Waals surface area contributed by atoms with Crippen LogP contribution < -0.4 is 5.32 Å². The van der Waals surface area contributed by atoms with Gasteiger partial charge in [0.05, 0.1) is 25.9 Å². The predicted octanol–water partition coefficient (Wildman–Crippen LogP) is -0.379. The van der Waals surface area contributed by atoms with Gasteiger partial charge in [0.2, 0.25) is 0 Å². The number of hydrogen-bond donors (Lipinski definition) is 1. The van der Waals surface area contributed by atoms with E-state index in [0.717, 1.165) is 32.9 Å². The Morgan fingerprint density at radius 2 is 2.30 bits per heavy atom. The summed E-state index contributed by atoms with van der Waals surface area (Å²) in [6.45, 7) is 4.56. The third-order valence-electron chi connectivity index (χ3n) is 2.16. The van der Waals surface area contributed by atoms with E-state index in [1.54, 1.807) is 0 Å². The fraction of sp³-hybridized carbons (Fsp3) is 1.00. The molecular weight excluding hydrogens is 130 g/mol. The van der Waals surface area contributed by atoms with Crippen LogP contribution in [0.5, 0.6) is 0 Å². The van der Waals surface area contributed by atoms with E-state index in [4.69, 9.17) is 9.47 Å². The molecule has 10 heavy (non-hydrogen) atoms. The molecule has 0 unspecified atom stereocenters. The van der Waals surface area contributed by atoms with Crippen LogP contribution >= 0.6 is 0 Å². The van der Waals surface area contributed by atoms with Crippen molar-refractivity contribution < 1.29 is 9.47 Å². The molecule has 2 rings (SSSR count). The van der Waals surface area contributed by atoms with Crippen LogP contribution in [0, 0.1) is 5.92 Å². The standard InChI is InChI=1S/C7H13NO2/c1-2-10-7-5-9-4-6(7)3-8-1/h6-8H,1-5H2/t6-,7+/m0/s1. The summed E-state index contributed by atoms with van der Waals surface area (Å²) < 4.78 is 10.8. The Kier molecular flexibility index (Phi) is 1.88. The summed E-state index contributed by atoms with van der Waals surface area (Å²) in [6, 6.07) is 0. The van der Waals surface area contributed by atoms with E-state index >= 15 is 0 Å². The number of nitrogens with one attached hydrogen (secondary N) is 1. The zero-order valence-corrected chi connectivity index (χ0v) is 6.01. The van der Waals surface area contributed by atoms with Crippen molar-refractivity contribution in [3.63, 3.8) is 0 Å². The van der Waals surface area contributed by atoms with Crippen LogP contribution in [0.15, 0.2) is 0 Å². The van der Waals surface area contributed by atoms with Gasteiger partial charge in [0.25, 0.3) is 0 Å². The molecule has 0 saturated carbocycles. The average molecular weight is 143 g/mol. The van der Waals surface area contributed by atoms with Crippen LogP contribution in [0.2, 0.25) is 0 Å². The van der Waals surface area contributed by atoms with Gasteiger partial charge in [-0.15, -0.1) is 0 Å². The molecule has 2 heterocycles. The van der Waals surface area contributed by atoms with Crippen molar-refractivity contribution in [2.75, 3.05) is 32.9 Å². The van der Waals surface area contributed by atoms with Crippen molar-refractivity contribution in [3.8, 4) is 0 Å². The number of hydrogen-bond acceptors (Lipinski definition) is 3.